The van der Waals surface area contributed by atoms with Crippen molar-refractivity contribution in [1.29, 1.82) is 0 Å². The quantitative estimate of drug-likeness (QED) is 0.194. The fraction of sp³-hybridized carbons (Fsp3) is 0. The molecular weight excluding hydrogens is 565 g/mol. The van der Waals surface area contributed by atoms with Gasteiger partial charge in [0.25, 0.3) is 0 Å². The standard InChI is InChI=1S/C42H26N2S/c1-2-10-27(11-3-1)28-18-21-40-34(24-28)33-14-6-9-17-39(33)44(40)30-20-23-42-36(26-30)35-25-29(19-22-41(35)45-42)43-37-15-7-4-12-31(37)32-13-5-8-16-38(32)43/h1-26H. The van der Waals surface area contributed by atoms with Gasteiger partial charge < -0.3 is 9.13 Å². The third-order valence-corrected chi connectivity index (χ3v) is 10.5. The van der Waals surface area contributed by atoms with Crippen LogP contribution in [0.1, 0.15) is 0 Å². The second kappa shape index (κ2) is 9.43. The summed E-state index contributed by atoms with van der Waals surface area (Å²) in [5.74, 6) is 0. The summed E-state index contributed by atoms with van der Waals surface area (Å²) in [4.78, 5) is 0. The molecule has 0 spiro atoms. The van der Waals surface area contributed by atoms with Crippen molar-refractivity contribution in [3.05, 3.63) is 158 Å². The predicted octanol–water partition coefficient (Wildman–Crippen LogP) is 11.9. The van der Waals surface area contributed by atoms with E-state index in [9.17, 15) is 0 Å². The van der Waals surface area contributed by atoms with Crippen LogP contribution < -0.4 is 0 Å². The molecule has 0 saturated heterocycles. The van der Waals surface area contributed by atoms with E-state index in [1.54, 1.807) is 0 Å². The largest absolute Gasteiger partial charge is 0.309 e. The number of thiophene rings is 1. The van der Waals surface area contributed by atoms with Crippen molar-refractivity contribution in [2.24, 2.45) is 0 Å². The van der Waals surface area contributed by atoms with Crippen molar-refractivity contribution in [3.63, 3.8) is 0 Å². The molecule has 0 aliphatic rings. The lowest BCUT2D eigenvalue weighted by Gasteiger charge is -2.10. The number of fused-ring (bicyclic) bond motifs is 9. The van der Waals surface area contributed by atoms with Crippen molar-refractivity contribution in [3.8, 4) is 22.5 Å². The van der Waals surface area contributed by atoms with E-state index in [-0.39, 0.29) is 0 Å². The van der Waals surface area contributed by atoms with Crippen molar-refractivity contribution in [2.45, 2.75) is 0 Å². The number of rotatable bonds is 3. The van der Waals surface area contributed by atoms with Crippen LogP contribution in [0.5, 0.6) is 0 Å². The molecule has 3 heterocycles. The van der Waals surface area contributed by atoms with Crippen LogP contribution in [-0.4, -0.2) is 9.13 Å². The Labute approximate surface area is 263 Å². The molecule has 2 nitrogen and oxygen atoms in total. The lowest BCUT2D eigenvalue weighted by molar-refractivity contribution is 1.18. The first-order chi connectivity index (χ1) is 22.3. The Hall–Kier alpha value is -5.64. The molecule has 210 valence electrons. The molecule has 0 atom stereocenters. The molecule has 0 bridgehead atoms. The highest BCUT2D eigenvalue weighted by molar-refractivity contribution is 7.25. The van der Waals surface area contributed by atoms with E-state index in [4.69, 9.17) is 0 Å². The van der Waals surface area contributed by atoms with Crippen LogP contribution in [-0.2, 0) is 0 Å². The molecule has 3 heteroatoms. The molecule has 3 aromatic heterocycles. The Morgan fingerprint density at radius 3 is 1.33 bits per heavy atom. The fourth-order valence-corrected chi connectivity index (χ4v) is 8.36. The fourth-order valence-electron chi connectivity index (χ4n) is 7.29. The molecule has 45 heavy (non-hydrogen) atoms. The number of hydrogen-bond donors (Lipinski definition) is 0. The minimum atomic E-state index is 1.18. The first kappa shape index (κ1) is 24.8. The zero-order chi connectivity index (χ0) is 29.5. The van der Waals surface area contributed by atoms with Gasteiger partial charge >= 0.3 is 0 Å². The number of nitrogens with zero attached hydrogens (tertiary/aromatic N) is 2. The van der Waals surface area contributed by atoms with Crippen molar-refractivity contribution in [1.82, 2.24) is 9.13 Å². The molecule has 0 aliphatic heterocycles. The number of hydrogen-bond acceptors (Lipinski definition) is 1. The van der Waals surface area contributed by atoms with Crippen molar-refractivity contribution in [2.75, 3.05) is 0 Å². The van der Waals surface area contributed by atoms with Gasteiger partial charge in [0, 0.05) is 53.1 Å². The molecule has 0 saturated carbocycles. The van der Waals surface area contributed by atoms with Crippen LogP contribution >= 0.6 is 11.3 Å². The summed E-state index contributed by atoms with van der Waals surface area (Å²) in [6.45, 7) is 0. The highest BCUT2D eigenvalue weighted by Crippen LogP contribution is 2.40. The van der Waals surface area contributed by atoms with Crippen LogP contribution in [0.25, 0.3) is 86.3 Å². The Bertz CT molecular complexity index is 2710. The molecule has 0 unspecified atom stereocenters. The normalized spacial score (nSPS) is 12.0. The third-order valence-electron chi connectivity index (χ3n) is 9.31. The summed E-state index contributed by atoms with van der Waals surface area (Å²) in [6.07, 6.45) is 0. The number of para-hydroxylation sites is 3. The van der Waals surface area contributed by atoms with Crippen LogP contribution in [0.2, 0.25) is 0 Å². The van der Waals surface area contributed by atoms with Crippen LogP contribution in [0.4, 0.5) is 0 Å². The van der Waals surface area contributed by atoms with Crippen LogP contribution in [0.15, 0.2) is 158 Å². The molecular formula is C42H26N2S. The van der Waals surface area contributed by atoms with Gasteiger partial charge in [-0.15, -0.1) is 11.3 Å². The topological polar surface area (TPSA) is 9.86 Å². The zero-order valence-electron chi connectivity index (χ0n) is 24.3. The van der Waals surface area contributed by atoms with Gasteiger partial charge in [-0.1, -0.05) is 91.0 Å². The molecule has 0 N–H and O–H groups in total. The van der Waals surface area contributed by atoms with E-state index in [0.717, 1.165) is 0 Å². The van der Waals surface area contributed by atoms with E-state index in [1.165, 1.54) is 86.3 Å². The summed E-state index contributed by atoms with van der Waals surface area (Å²) in [5.41, 5.74) is 9.77. The maximum absolute atomic E-state index is 2.43. The Morgan fingerprint density at radius 1 is 0.311 bits per heavy atom. The smallest absolute Gasteiger partial charge is 0.0541 e. The summed E-state index contributed by atoms with van der Waals surface area (Å²) in [5, 5.41) is 7.70. The molecule has 0 fully saturated rings. The van der Waals surface area contributed by atoms with Gasteiger partial charge in [-0.25, -0.2) is 0 Å². The van der Waals surface area contributed by atoms with Crippen molar-refractivity contribution >= 4 is 75.1 Å². The van der Waals surface area contributed by atoms with Crippen molar-refractivity contribution < 1.29 is 0 Å². The monoisotopic (exact) mass is 590 g/mol. The zero-order valence-corrected chi connectivity index (χ0v) is 25.1. The molecule has 0 amide bonds. The minimum Gasteiger partial charge on any atom is -0.309 e. The average Bonchev–Trinajstić information content (AvgIpc) is 3.75. The Morgan fingerprint density at radius 2 is 0.778 bits per heavy atom. The second-order valence-electron chi connectivity index (χ2n) is 11.8. The van der Waals surface area contributed by atoms with E-state index >= 15 is 0 Å². The van der Waals surface area contributed by atoms with Gasteiger partial charge in [0.2, 0.25) is 0 Å². The van der Waals surface area contributed by atoms with Gasteiger partial charge in [-0.05, 0) is 77.9 Å². The SMILES string of the molecule is c1ccc(-c2ccc3c(c2)c2ccccc2n3-c2ccc3sc4ccc(-n5c6ccccc6c6ccccc65)cc4c3c2)cc1. The van der Waals surface area contributed by atoms with E-state index in [2.05, 4.69) is 167 Å². The minimum absolute atomic E-state index is 1.18. The van der Waals surface area contributed by atoms with Gasteiger partial charge in [-0.3, -0.25) is 0 Å². The third kappa shape index (κ3) is 3.62. The molecule has 7 aromatic carbocycles. The summed E-state index contributed by atoms with van der Waals surface area (Å²) in [6, 6.07) is 57.7. The Kier molecular flexibility index (Phi) is 5.19. The Balaban J connectivity index is 1.20. The highest BCUT2D eigenvalue weighted by Gasteiger charge is 2.16. The molecule has 10 rings (SSSR count). The summed E-state index contributed by atoms with van der Waals surface area (Å²) >= 11 is 1.87. The van der Waals surface area contributed by atoms with Gasteiger partial charge in [0.15, 0.2) is 0 Å². The van der Waals surface area contributed by atoms with E-state index < -0.39 is 0 Å². The van der Waals surface area contributed by atoms with Gasteiger partial charge in [0.05, 0.1) is 22.1 Å². The molecule has 10 aromatic rings. The molecule has 0 aliphatic carbocycles. The maximum atomic E-state index is 2.43. The second-order valence-corrected chi connectivity index (χ2v) is 12.9. The van der Waals surface area contributed by atoms with E-state index in [1.807, 2.05) is 11.3 Å². The van der Waals surface area contributed by atoms with Gasteiger partial charge in [-0.2, -0.15) is 0 Å². The first-order valence-electron chi connectivity index (χ1n) is 15.4. The predicted molar refractivity (Wildman–Crippen MR) is 193 cm³/mol. The first-order valence-corrected chi connectivity index (χ1v) is 16.2. The van der Waals surface area contributed by atoms with E-state index in [0.29, 0.717) is 0 Å². The average molecular weight is 591 g/mol. The summed E-state index contributed by atoms with van der Waals surface area (Å²) < 4.78 is 7.45. The lowest BCUT2D eigenvalue weighted by Crippen LogP contribution is -1.94. The summed E-state index contributed by atoms with van der Waals surface area (Å²) in [7, 11) is 0. The number of aromatic nitrogens is 2. The highest BCUT2D eigenvalue weighted by atomic mass is 32.1. The van der Waals surface area contributed by atoms with Gasteiger partial charge in [0.1, 0.15) is 0 Å². The number of benzene rings is 7. The molecule has 0 radical (unpaired) electrons. The van der Waals surface area contributed by atoms with Crippen LogP contribution in [0, 0.1) is 0 Å². The maximum Gasteiger partial charge on any atom is 0.0541 e. The van der Waals surface area contributed by atoms with Crippen LogP contribution in [0.3, 0.4) is 0 Å². The lowest BCUT2D eigenvalue weighted by atomic mass is 10.0.